The Morgan fingerprint density at radius 1 is 1.12 bits per heavy atom. The zero-order valence-corrected chi connectivity index (χ0v) is 13.6. The van der Waals surface area contributed by atoms with E-state index in [0.717, 1.165) is 33.9 Å². The maximum absolute atomic E-state index is 9.23. The fourth-order valence-corrected chi connectivity index (χ4v) is 2.50. The molecule has 6 heteroatoms. The summed E-state index contributed by atoms with van der Waals surface area (Å²) in [6, 6.07) is 15.1. The highest BCUT2D eigenvalue weighted by Crippen LogP contribution is 2.26. The molecule has 0 atom stereocenters. The highest BCUT2D eigenvalue weighted by atomic mass is 16.3. The topological polar surface area (TPSA) is 108 Å². The fourth-order valence-electron chi connectivity index (χ4n) is 2.50. The second-order valence-corrected chi connectivity index (χ2v) is 5.48. The molecule has 1 aromatic carbocycles. The van der Waals surface area contributed by atoms with Crippen molar-refractivity contribution in [2.24, 2.45) is 5.73 Å². The molecule has 0 radical (unpaired) electrons. The van der Waals surface area contributed by atoms with E-state index in [4.69, 9.17) is 11.1 Å². The monoisotopic (exact) mass is 333 g/mol. The zero-order chi connectivity index (χ0) is 17.6. The van der Waals surface area contributed by atoms with E-state index in [1.807, 2.05) is 42.5 Å². The minimum absolute atomic E-state index is 0.122. The first kappa shape index (κ1) is 16.8. The Bertz CT molecular complexity index is 894. The van der Waals surface area contributed by atoms with Gasteiger partial charge in [-0.1, -0.05) is 18.2 Å². The molecule has 0 aliphatic heterocycles. The minimum atomic E-state index is -0.122. The Morgan fingerprint density at radius 2 is 2.00 bits per heavy atom. The summed E-state index contributed by atoms with van der Waals surface area (Å²) in [6.07, 6.45) is 2.93. The number of aliphatic hydroxyl groups excluding tert-OH is 1. The summed E-state index contributed by atoms with van der Waals surface area (Å²) in [5.74, 6) is 0. The molecule has 25 heavy (non-hydrogen) atoms. The molecule has 0 aliphatic rings. The molecular formula is C19H19N5O. The smallest absolute Gasteiger partial charge is 0.0853 e. The van der Waals surface area contributed by atoms with Gasteiger partial charge in [-0.15, -0.1) is 0 Å². The maximum Gasteiger partial charge on any atom is 0.0853 e. The first-order chi connectivity index (χ1) is 12.2. The first-order valence-corrected chi connectivity index (χ1v) is 7.87. The number of pyridine rings is 2. The third-order valence-electron chi connectivity index (χ3n) is 3.78. The number of rotatable bonds is 6. The van der Waals surface area contributed by atoms with Crippen molar-refractivity contribution in [1.29, 1.82) is 5.41 Å². The standard InChI is InChI=1S/C19H19N5O/c20-10-14-5-4-13(18-3-1-2-16(11-21)24-18)8-19(14)23-15-6-7-22-17(9-15)12-25/h1-10,20,25H,11-12,21H2,(H,22,23). The van der Waals surface area contributed by atoms with Crippen LogP contribution in [0.3, 0.4) is 0 Å². The molecule has 0 fully saturated rings. The van der Waals surface area contributed by atoms with Gasteiger partial charge in [0.2, 0.25) is 0 Å². The summed E-state index contributed by atoms with van der Waals surface area (Å²) < 4.78 is 0. The van der Waals surface area contributed by atoms with Crippen LogP contribution in [0.5, 0.6) is 0 Å². The number of anilines is 2. The number of hydrogen-bond acceptors (Lipinski definition) is 6. The predicted octanol–water partition coefficient (Wildman–Crippen LogP) is 2.84. The highest BCUT2D eigenvalue weighted by Gasteiger charge is 2.07. The lowest BCUT2D eigenvalue weighted by Crippen LogP contribution is -2.01. The highest BCUT2D eigenvalue weighted by molar-refractivity contribution is 5.89. The van der Waals surface area contributed by atoms with E-state index in [-0.39, 0.29) is 6.61 Å². The van der Waals surface area contributed by atoms with Crippen molar-refractivity contribution in [2.45, 2.75) is 13.2 Å². The van der Waals surface area contributed by atoms with Crippen LogP contribution >= 0.6 is 0 Å². The number of aliphatic hydroxyl groups is 1. The summed E-state index contributed by atoms with van der Waals surface area (Å²) >= 11 is 0. The Morgan fingerprint density at radius 3 is 2.76 bits per heavy atom. The van der Waals surface area contributed by atoms with Gasteiger partial charge in [0.15, 0.2) is 0 Å². The molecule has 2 aromatic heterocycles. The van der Waals surface area contributed by atoms with Crippen molar-refractivity contribution >= 4 is 17.6 Å². The number of aromatic nitrogens is 2. The lowest BCUT2D eigenvalue weighted by atomic mass is 10.1. The molecule has 3 rings (SSSR count). The molecule has 126 valence electrons. The van der Waals surface area contributed by atoms with E-state index in [2.05, 4.69) is 15.3 Å². The fraction of sp³-hybridized carbons (Fsp3) is 0.105. The van der Waals surface area contributed by atoms with Gasteiger partial charge in [0, 0.05) is 41.5 Å². The summed E-state index contributed by atoms with van der Waals surface area (Å²) in [7, 11) is 0. The minimum Gasteiger partial charge on any atom is -0.390 e. The second kappa shape index (κ2) is 7.65. The predicted molar refractivity (Wildman–Crippen MR) is 98.9 cm³/mol. The average Bonchev–Trinajstić information content (AvgIpc) is 2.68. The van der Waals surface area contributed by atoms with Crippen LogP contribution in [-0.2, 0) is 13.2 Å². The number of nitrogens with two attached hydrogens (primary N) is 1. The molecule has 0 amide bonds. The van der Waals surface area contributed by atoms with Crippen LogP contribution in [0.4, 0.5) is 11.4 Å². The van der Waals surface area contributed by atoms with Crippen molar-refractivity contribution in [3.8, 4) is 11.3 Å². The molecule has 2 heterocycles. The molecule has 0 unspecified atom stereocenters. The van der Waals surface area contributed by atoms with Gasteiger partial charge in [-0.2, -0.15) is 0 Å². The largest absolute Gasteiger partial charge is 0.390 e. The molecule has 6 nitrogen and oxygen atoms in total. The van der Waals surface area contributed by atoms with Crippen LogP contribution in [0.15, 0.2) is 54.7 Å². The van der Waals surface area contributed by atoms with Crippen molar-refractivity contribution in [2.75, 3.05) is 5.32 Å². The molecule has 0 aliphatic carbocycles. The zero-order valence-electron chi connectivity index (χ0n) is 13.6. The van der Waals surface area contributed by atoms with E-state index in [0.29, 0.717) is 12.2 Å². The SMILES string of the molecule is N=Cc1ccc(-c2cccc(CN)n2)cc1Nc1ccnc(CO)c1. The molecule has 0 bridgehead atoms. The summed E-state index contributed by atoms with van der Waals surface area (Å²) in [5, 5.41) is 20.1. The van der Waals surface area contributed by atoms with Gasteiger partial charge in [0.1, 0.15) is 0 Å². The number of benzene rings is 1. The van der Waals surface area contributed by atoms with Crippen molar-refractivity contribution in [3.05, 3.63) is 71.7 Å². The average molecular weight is 333 g/mol. The third kappa shape index (κ3) is 3.88. The van der Waals surface area contributed by atoms with Gasteiger partial charge in [-0.25, -0.2) is 0 Å². The van der Waals surface area contributed by atoms with E-state index < -0.39 is 0 Å². The van der Waals surface area contributed by atoms with E-state index in [9.17, 15) is 5.11 Å². The summed E-state index contributed by atoms with van der Waals surface area (Å²) in [4.78, 5) is 8.61. The Balaban J connectivity index is 1.98. The van der Waals surface area contributed by atoms with Crippen molar-refractivity contribution < 1.29 is 5.11 Å². The van der Waals surface area contributed by atoms with Gasteiger partial charge < -0.3 is 21.6 Å². The van der Waals surface area contributed by atoms with E-state index in [1.165, 1.54) is 6.21 Å². The van der Waals surface area contributed by atoms with Gasteiger partial charge in [0.05, 0.1) is 23.7 Å². The van der Waals surface area contributed by atoms with Crippen LogP contribution in [0.25, 0.3) is 11.3 Å². The molecule has 0 saturated carbocycles. The van der Waals surface area contributed by atoms with E-state index in [1.54, 1.807) is 12.3 Å². The Kier molecular flexibility index (Phi) is 5.13. The van der Waals surface area contributed by atoms with Crippen LogP contribution < -0.4 is 11.1 Å². The third-order valence-corrected chi connectivity index (χ3v) is 3.78. The van der Waals surface area contributed by atoms with Crippen LogP contribution in [0.2, 0.25) is 0 Å². The van der Waals surface area contributed by atoms with Crippen LogP contribution in [0, 0.1) is 5.41 Å². The van der Waals surface area contributed by atoms with Crippen molar-refractivity contribution in [3.63, 3.8) is 0 Å². The second-order valence-electron chi connectivity index (χ2n) is 5.48. The number of nitrogens with zero attached hydrogens (tertiary/aromatic N) is 2. The Hall–Kier alpha value is -3.09. The molecule has 0 saturated heterocycles. The van der Waals surface area contributed by atoms with Gasteiger partial charge in [-0.05, 0) is 30.3 Å². The molecule has 3 aromatic rings. The maximum atomic E-state index is 9.23. The molecular weight excluding hydrogens is 314 g/mol. The lowest BCUT2D eigenvalue weighted by molar-refractivity contribution is 0.277. The van der Waals surface area contributed by atoms with Crippen LogP contribution in [0.1, 0.15) is 17.0 Å². The number of nitrogens with one attached hydrogen (secondary N) is 2. The lowest BCUT2D eigenvalue weighted by Gasteiger charge is -2.12. The molecule has 5 N–H and O–H groups in total. The van der Waals surface area contributed by atoms with Gasteiger partial charge in [-0.3, -0.25) is 9.97 Å². The van der Waals surface area contributed by atoms with E-state index >= 15 is 0 Å². The Labute approximate surface area is 145 Å². The first-order valence-electron chi connectivity index (χ1n) is 7.87. The normalized spacial score (nSPS) is 10.5. The summed E-state index contributed by atoms with van der Waals surface area (Å²) in [5.41, 5.74) is 11.2. The number of hydrogen-bond donors (Lipinski definition) is 4. The quantitative estimate of drug-likeness (QED) is 0.519. The van der Waals surface area contributed by atoms with Crippen LogP contribution in [-0.4, -0.2) is 21.3 Å². The van der Waals surface area contributed by atoms with Gasteiger partial charge in [0.25, 0.3) is 0 Å². The summed E-state index contributed by atoms with van der Waals surface area (Å²) in [6.45, 7) is 0.265. The van der Waals surface area contributed by atoms with Gasteiger partial charge >= 0.3 is 0 Å². The molecule has 0 spiro atoms. The van der Waals surface area contributed by atoms with Crippen molar-refractivity contribution in [1.82, 2.24) is 9.97 Å².